The third-order valence-corrected chi connectivity index (χ3v) is 9.94. The molecule has 0 unspecified atom stereocenters. The summed E-state index contributed by atoms with van der Waals surface area (Å²) in [6.45, 7) is 0.303. The van der Waals surface area contributed by atoms with E-state index in [1.165, 1.54) is 10.4 Å². The van der Waals surface area contributed by atoms with Gasteiger partial charge in [0.25, 0.3) is 0 Å². The minimum absolute atomic E-state index is 0.0235. The number of hydrogen-bond acceptors (Lipinski definition) is 4. The van der Waals surface area contributed by atoms with Crippen molar-refractivity contribution in [1.82, 2.24) is 13.7 Å². The Morgan fingerprint density at radius 2 is 1.58 bits per heavy atom. The monoisotopic (exact) mass is 592 g/mol. The third-order valence-electron chi connectivity index (χ3n) is 6.40. The molecule has 0 radical (unpaired) electrons. The highest BCUT2D eigenvalue weighted by molar-refractivity contribution is 8.45. The summed E-state index contributed by atoms with van der Waals surface area (Å²) in [4.78, 5) is 2.22. The largest absolute Gasteiger partial charge is 0.382 e. The number of fused-ring (bicyclic) bond motifs is 1. The van der Waals surface area contributed by atoms with Crippen LogP contribution in [0.5, 0.6) is 0 Å². The maximum atomic E-state index is 13.3. The van der Waals surface area contributed by atoms with Gasteiger partial charge in [-0.25, -0.2) is 13.4 Å². The zero-order chi connectivity index (χ0) is 27.4. The van der Waals surface area contributed by atoms with Crippen molar-refractivity contribution in [2.45, 2.75) is 28.7 Å². The van der Waals surface area contributed by atoms with Crippen molar-refractivity contribution in [2.24, 2.45) is 0 Å². The second-order valence-corrected chi connectivity index (χ2v) is 13.8. The lowest BCUT2D eigenvalue weighted by molar-refractivity contribution is 0.330. The number of nitrogens with zero attached hydrogens (tertiary/aromatic N) is 3. The SMILES string of the molecule is O=S(=O)(c1ccc(-c2ccc3nccn3c2)cc1Cl)N1CCC(Nc2ccc(S(F)(F)(F)(F)F)cc2)CC1. The standard InChI is InChI=1S/C24H22ClF5N4O2S2/c25-22-15-17(18-2-8-24-31-11-14-33(24)16-18)1-7-23(22)37(35,36)34-12-9-20(10-13-34)32-19-3-5-21(6-4-19)38(26,27,28,29)30/h1-8,11,14-16,20,32H,9-10,12-13H2. The summed E-state index contributed by atoms with van der Waals surface area (Å²) in [6, 6.07) is 10.8. The molecule has 1 saturated heterocycles. The van der Waals surface area contributed by atoms with Crippen molar-refractivity contribution in [1.29, 1.82) is 0 Å². The molecule has 0 saturated carbocycles. The minimum Gasteiger partial charge on any atom is -0.382 e. The fraction of sp³-hybridized carbons (Fsp3) is 0.208. The zero-order valence-electron chi connectivity index (χ0n) is 19.6. The number of rotatable bonds is 6. The normalized spacial score (nSPS) is 17.7. The van der Waals surface area contributed by atoms with Crippen LogP contribution in [0.15, 0.2) is 83.0 Å². The summed E-state index contributed by atoms with van der Waals surface area (Å²) in [5.74, 6) is 0. The second-order valence-electron chi connectivity index (χ2n) is 9.07. The highest BCUT2D eigenvalue weighted by atomic mass is 35.5. The van der Waals surface area contributed by atoms with E-state index >= 15 is 0 Å². The van der Waals surface area contributed by atoms with E-state index in [1.807, 2.05) is 22.7 Å². The number of pyridine rings is 1. The van der Waals surface area contributed by atoms with E-state index in [0.717, 1.165) is 28.9 Å². The lowest BCUT2D eigenvalue weighted by Crippen LogP contribution is -2.42. The number of nitrogens with one attached hydrogen (secondary N) is 1. The number of piperidine rings is 1. The van der Waals surface area contributed by atoms with Gasteiger partial charge in [-0.1, -0.05) is 37.1 Å². The molecule has 2 aromatic carbocycles. The van der Waals surface area contributed by atoms with Gasteiger partial charge in [0.2, 0.25) is 10.0 Å². The molecule has 204 valence electrons. The van der Waals surface area contributed by atoms with Crippen LogP contribution in [0.4, 0.5) is 25.1 Å². The molecule has 0 bridgehead atoms. The summed E-state index contributed by atoms with van der Waals surface area (Å²) in [5, 5.41) is 3.07. The average molecular weight is 593 g/mol. The summed E-state index contributed by atoms with van der Waals surface area (Å²) in [7, 11) is -13.6. The lowest BCUT2D eigenvalue weighted by atomic mass is 10.1. The fourth-order valence-electron chi connectivity index (χ4n) is 4.40. The van der Waals surface area contributed by atoms with E-state index in [-0.39, 0.29) is 34.7 Å². The van der Waals surface area contributed by atoms with Crippen molar-refractivity contribution in [3.8, 4) is 11.1 Å². The van der Waals surface area contributed by atoms with Gasteiger partial charge in [-0.3, -0.25) is 0 Å². The van der Waals surface area contributed by atoms with Crippen LogP contribution in [0, 0.1) is 0 Å². The molecular formula is C24H22ClF5N4O2S2. The molecule has 1 aliphatic heterocycles. The molecule has 38 heavy (non-hydrogen) atoms. The van der Waals surface area contributed by atoms with Gasteiger partial charge in [-0.2, -0.15) is 4.31 Å². The molecular weight excluding hydrogens is 571 g/mol. The topological polar surface area (TPSA) is 66.7 Å². The highest BCUT2D eigenvalue weighted by Gasteiger charge is 2.65. The Bertz CT molecular complexity index is 1620. The number of hydrogen-bond donors (Lipinski definition) is 1. The van der Waals surface area contributed by atoms with Crippen molar-refractivity contribution < 1.29 is 27.8 Å². The van der Waals surface area contributed by atoms with E-state index in [0.29, 0.717) is 25.0 Å². The Morgan fingerprint density at radius 3 is 2.21 bits per heavy atom. The number of sulfonamides is 1. The van der Waals surface area contributed by atoms with Gasteiger partial charge >= 0.3 is 10.2 Å². The Labute approximate surface area is 220 Å². The summed E-state index contributed by atoms with van der Waals surface area (Å²) >= 11 is 6.41. The molecule has 1 fully saturated rings. The first-order valence-corrected chi connectivity index (χ1v) is 15.2. The highest BCUT2D eigenvalue weighted by Crippen LogP contribution is 3.02. The van der Waals surface area contributed by atoms with E-state index < -0.39 is 25.1 Å². The smallest absolute Gasteiger partial charge is 0.310 e. The van der Waals surface area contributed by atoms with Crippen LogP contribution in [0.1, 0.15) is 12.8 Å². The van der Waals surface area contributed by atoms with Gasteiger partial charge in [0, 0.05) is 43.4 Å². The number of benzene rings is 2. The maximum Gasteiger partial charge on any atom is 0.310 e. The maximum absolute atomic E-state index is 13.3. The van der Waals surface area contributed by atoms with Gasteiger partial charge in [0.05, 0.1) is 5.02 Å². The Balaban J connectivity index is 1.25. The lowest BCUT2D eigenvalue weighted by Gasteiger charge is -2.40. The quantitative estimate of drug-likeness (QED) is 0.234. The molecule has 0 spiro atoms. The van der Waals surface area contributed by atoms with E-state index in [1.54, 1.807) is 24.5 Å². The average Bonchev–Trinajstić information content (AvgIpc) is 3.31. The molecule has 0 atom stereocenters. The van der Waals surface area contributed by atoms with Crippen LogP contribution in [-0.2, 0) is 10.0 Å². The van der Waals surface area contributed by atoms with E-state index in [4.69, 9.17) is 11.6 Å². The molecule has 2 aromatic heterocycles. The molecule has 1 N–H and O–H groups in total. The first kappa shape index (κ1) is 26.7. The molecule has 5 rings (SSSR count). The van der Waals surface area contributed by atoms with Crippen LogP contribution < -0.4 is 5.32 Å². The predicted octanol–water partition coefficient (Wildman–Crippen LogP) is 7.58. The van der Waals surface area contributed by atoms with Gasteiger partial charge in [-0.15, -0.1) is 0 Å². The first-order chi connectivity index (χ1) is 17.6. The second kappa shape index (κ2) is 8.57. The summed E-state index contributed by atoms with van der Waals surface area (Å²) in [6.07, 6.45) is 6.07. The van der Waals surface area contributed by atoms with Crippen LogP contribution in [-0.4, -0.2) is 41.2 Å². The molecule has 3 heterocycles. The number of aromatic nitrogens is 2. The van der Waals surface area contributed by atoms with Crippen molar-refractivity contribution >= 4 is 43.2 Å². The van der Waals surface area contributed by atoms with Crippen molar-refractivity contribution in [2.75, 3.05) is 18.4 Å². The number of halogens is 6. The van der Waals surface area contributed by atoms with Crippen LogP contribution in [0.25, 0.3) is 16.8 Å². The fourth-order valence-corrected chi connectivity index (χ4v) is 7.04. The van der Waals surface area contributed by atoms with Gasteiger partial charge < -0.3 is 9.72 Å². The van der Waals surface area contributed by atoms with Crippen LogP contribution in [0.2, 0.25) is 5.02 Å². The predicted molar refractivity (Wildman–Crippen MR) is 139 cm³/mol. The van der Waals surface area contributed by atoms with Crippen LogP contribution >= 0.6 is 21.8 Å². The Kier molecular flexibility index (Phi) is 6.02. The molecule has 4 aromatic rings. The molecule has 1 aliphatic rings. The van der Waals surface area contributed by atoms with Gasteiger partial charge in [0.1, 0.15) is 15.4 Å². The van der Waals surface area contributed by atoms with Crippen molar-refractivity contribution in [3.63, 3.8) is 0 Å². The Hall–Kier alpha value is -2.87. The number of imidazole rings is 1. The van der Waals surface area contributed by atoms with Gasteiger partial charge in [0.15, 0.2) is 0 Å². The Morgan fingerprint density at radius 1 is 0.921 bits per heavy atom. The molecule has 6 nitrogen and oxygen atoms in total. The zero-order valence-corrected chi connectivity index (χ0v) is 22.0. The van der Waals surface area contributed by atoms with Crippen LogP contribution in [0.3, 0.4) is 0 Å². The van der Waals surface area contributed by atoms with E-state index in [9.17, 15) is 27.8 Å². The van der Waals surface area contributed by atoms with Crippen molar-refractivity contribution in [3.05, 3.63) is 78.2 Å². The van der Waals surface area contributed by atoms with E-state index in [2.05, 4.69) is 10.3 Å². The first-order valence-electron chi connectivity index (χ1n) is 11.4. The summed E-state index contributed by atoms with van der Waals surface area (Å²) < 4.78 is 94.3. The molecule has 14 heteroatoms. The van der Waals surface area contributed by atoms with Gasteiger partial charge in [-0.05, 0) is 72.5 Å². The third kappa shape index (κ3) is 5.46. The minimum atomic E-state index is -9.73. The number of anilines is 1. The molecule has 0 amide bonds. The summed E-state index contributed by atoms with van der Waals surface area (Å²) in [5.41, 5.74) is 2.59. The molecule has 0 aliphatic carbocycles.